The van der Waals surface area contributed by atoms with Crippen LogP contribution in [0.15, 0.2) is 0 Å². The molecule has 0 radical (unpaired) electrons. The average Bonchev–Trinajstić information content (AvgIpc) is 2.81. The molecule has 0 aromatic heterocycles. The molecule has 2 heteroatoms. The van der Waals surface area contributed by atoms with Crippen molar-refractivity contribution in [1.29, 1.82) is 0 Å². The molecule has 20 heavy (non-hydrogen) atoms. The van der Waals surface area contributed by atoms with Crippen LogP contribution in [0, 0.1) is 5.41 Å². The van der Waals surface area contributed by atoms with Crippen molar-refractivity contribution in [1.82, 2.24) is 5.32 Å². The van der Waals surface area contributed by atoms with E-state index in [1.807, 2.05) is 0 Å². The molecule has 1 N–H and O–H groups in total. The zero-order valence-electron chi connectivity index (χ0n) is 13.5. The van der Waals surface area contributed by atoms with Gasteiger partial charge in [-0.3, -0.25) is 0 Å². The summed E-state index contributed by atoms with van der Waals surface area (Å²) in [5.74, 6) is 0. The maximum atomic E-state index is 6.49. The first kappa shape index (κ1) is 14.8. The van der Waals surface area contributed by atoms with Gasteiger partial charge < -0.3 is 10.1 Å². The fourth-order valence-electron chi connectivity index (χ4n) is 4.75. The zero-order chi connectivity index (χ0) is 14.1. The van der Waals surface area contributed by atoms with Gasteiger partial charge in [0.25, 0.3) is 0 Å². The molecule has 1 saturated heterocycles. The minimum atomic E-state index is 0.284. The Morgan fingerprint density at radius 2 is 1.65 bits per heavy atom. The molecule has 0 aromatic rings. The van der Waals surface area contributed by atoms with Gasteiger partial charge in [0.05, 0.1) is 11.7 Å². The van der Waals surface area contributed by atoms with Crippen molar-refractivity contribution in [2.75, 3.05) is 6.54 Å². The van der Waals surface area contributed by atoms with Crippen LogP contribution in [0.4, 0.5) is 0 Å². The first-order chi connectivity index (χ1) is 9.60. The Morgan fingerprint density at radius 3 is 2.40 bits per heavy atom. The molecule has 116 valence electrons. The largest absolute Gasteiger partial charge is 0.370 e. The Labute approximate surface area is 125 Å². The van der Waals surface area contributed by atoms with E-state index in [0.717, 1.165) is 6.54 Å². The number of rotatable bonds is 3. The second kappa shape index (κ2) is 5.96. The number of nitrogens with one attached hydrogen (secondary N) is 1. The van der Waals surface area contributed by atoms with Gasteiger partial charge in [-0.25, -0.2) is 0 Å². The Kier molecular flexibility index (Phi) is 4.42. The fraction of sp³-hybridized carbons (Fsp3) is 1.00. The zero-order valence-corrected chi connectivity index (χ0v) is 13.5. The maximum absolute atomic E-state index is 6.49. The molecular weight excluding hydrogens is 246 g/mol. The molecule has 2 aliphatic carbocycles. The van der Waals surface area contributed by atoms with Crippen molar-refractivity contribution in [3.05, 3.63) is 0 Å². The molecule has 1 aliphatic heterocycles. The Morgan fingerprint density at radius 1 is 0.900 bits per heavy atom. The van der Waals surface area contributed by atoms with Gasteiger partial charge >= 0.3 is 0 Å². The van der Waals surface area contributed by atoms with Gasteiger partial charge in [-0.05, 0) is 43.9 Å². The summed E-state index contributed by atoms with van der Waals surface area (Å²) in [4.78, 5) is 0. The summed E-state index contributed by atoms with van der Waals surface area (Å²) in [7, 11) is 0. The van der Waals surface area contributed by atoms with E-state index in [9.17, 15) is 0 Å². The SMILES string of the molecule is CC1(C)CCCCC1NCC1CCC2(CCCCC2)O1. The van der Waals surface area contributed by atoms with E-state index in [2.05, 4.69) is 19.2 Å². The van der Waals surface area contributed by atoms with Crippen LogP contribution < -0.4 is 5.32 Å². The normalized spacial score (nSPS) is 36.3. The van der Waals surface area contributed by atoms with Gasteiger partial charge in [-0.2, -0.15) is 0 Å². The predicted octanol–water partition coefficient (Wildman–Crippen LogP) is 4.43. The lowest BCUT2D eigenvalue weighted by atomic mass is 9.73. The van der Waals surface area contributed by atoms with Gasteiger partial charge in [0.2, 0.25) is 0 Å². The molecule has 0 aromatic carbocycles. The minimum absolute atomic E-state index is 0.284. The van der Waals surface area contributed by atoms with Crippen molar-refractivity contribution in [2.45, 2.75) is 102 Å². The van der Waals surface area contributed by atoms with Crippen LogP contribution in [0.2, 0.25) is 0 Å². The predicted molar refractivity (Wildman–Crippen MR) is 84.0 cm³/mol. The molecule has 2 atom stereocenters. The number of ether oxygens (including phenoxy) is 1. The lowest BCUT2D eigenvalue weighted by molar-refractivity contribution is -0.0642. The second-order valence-electron chi connectivity index (χ2n) is 8.22. The fourth-order valence-corrected chi connectivity index (χ4v) is 4.75. The molecule has 0 amide bonds. The van der Waals surface area contributed by atoms with Crippen molar-refractivity contribution < 1.29 is 4.74 Å². The quantitative estimate of drug-likeness (QED) is 0.825. The van der Waals surface area contributed by atoms with E-state index in [1.54, 1.807) is 0 Å². The third kappa shape index (κ3) is 3.22. The summed E-state index contributed by atoms with van der Waals surface area (Å²) < 4.78 is 6.49. The summed E-state index contributed by atoms with van der Waals surface area (Å²) >= 11 is 0. The topological polar surface area (TPSA) is 21.3 Å². The molecule has 3 rings (SSSR count). The Bertz CT molecular complexity index is 319. The van der Waals surface area contributed by atoms with Crippen LogP contribution in [-0.4, -0.2) is 24.3 Å². The molecule has 1 spiro atoms. The highest BCUT2D eigenvalue weighted by Crippen LogP contribution is 2.42. The van der Waals surface area contributed by atoms with Gasteiger partial charge in [0, 0.05) is 12.6 Å². The highest BCUT2D eigenvalue weighted by Gasteiger charge is 2.41. The van der Waals surface area contributed by atoms with Gasteiger partial charge in [0.1, 0.15) is 0 Å². The molecule has 3 aliphatic rings. The van der Waals surface area contributed by atoms with E-state index in [1.165, 1.54) is 70.6 Å². The van der Waals surface area contributed by atoms with Crippen molar-refractivity contribution >= 4 is 0 Å². The number of hydrogen-bond acceptors (Lipinski definition) is 2. The van der Waals surface area contributed by atoms with Gasteiger partial charge in [-0.15, -0.1) is 0 Å². The van der Waals surface area contributed by atoms with Gasteiger partial charge in [-0.1, -0.05) is 46.0 Å². The Hall–Kier alpha value is -0.0800. The first-order valence-corrected chi connectivity index (χ1v) is 9.01. The molecule has 1 heterocycles. The summed E-state index contributed by atoms with van der Waals surface area (Å²) in [6, 6.07) is 0.697. The van der Waals surface area contributed by atoms with Crippen LogP contribution in [0.3, 0.4) is 0 Å². The molecule has 2 nitrogen and oxygen atoms in total. The molecule has 2 unspecified atom stereocenters. The lowest BCUT2D eigenvalue weighted by Gasteiger charge is -2.40. The van der Waals surface area contributed by atoms with Crippen molar-refractivity contribution in [2.24, 2.45) is 5.41 Å². The maximum Gasteiger partial charge on any atom is 0.0708 e. The third-order valence-electron chi connectivity index (χ3n) is 6.20. The van der Waals surface area contributed by atoms with E-state index in [4.69, 9.17) is 4.74 Å². The monoisotopic (exact) mass is 279 g/mol. The summed E-state index contributed by atoms with van der Waals surface area (Å²) in [6.45, 7) is 5.94. The molecule has 3 fully saturated rings. The Balaban J connectivity index is 1.47. The van der Waals surface area contributed by atoms with Crippen LogP contribution in [-0.2, 0) is 4.74 Å². The summed E-state index contributed by atoms with van der Waals surface area (Å²) in [6.07, 6.45) is 15.4. The van der Waals surface area contributed by atoms with E-state index in [-0.39, 0.29) is 5.60 Å². The molecule has 2 saturated carbocycles. The standard InChI is InChI=1S/C18H33NO/c1-17(2)10-7-4-8-16(17)19-14-15-9-13-18(20-15)11-5-3-6-12-18/h15-16,19H,3-14H2,1-2H3. The van der Waals surface area contributed by atoms with Crippen molar-refractivity contribution in [3.63, 3.8) is 0 Å². The third-order valence-corrected chi connectivity index (χ3v) is 6.20. The van der Waals surface area contributed by atoms with E-state index < -0.39 is 0 Å². The highest BCUT2D eigenvalue weighted by atomic mass is 16.5. The van der Waals surface area contributed by atoms with E-state index >= 15 is 0 Å². The highest BCUT2D eigenvalue weighted by molar-refractivity contribution is 4.93. The van der Waals surface area contributed by atoms with Crippen LogP contribution in [0.5, 0.6) is 0 Å². The molecule has 0 bridgehead atoms. The van der Waals surface area contributed by atoms with Crippen molar-refractivity contribution in [3.8, 4) is 0 Å². The van der Waals surface area contributed by atoms with Crippen LogP contribution in [0.1, 0.15) is 84.5 Å². The van der Waals surface area contributed by atoms with Gasteiger partial charge in [0.15, 0.2) is 0 Å². The summed E-state index contributed by atoms with van der Waals surface area (Å²) in [5, 5.41) is 3.85. The number of hydrogen-bond donors (Lipinski definition) is 1. The average molecular weight is 279 g/mol. The lowest BCUT2D eigenvalue weighted by Crippen LogP contribution is -2.47. The van der Waals surface area contributed by atoms with Crippen LogP contribution >= 0.6 is 0 Å². The second-order valence-corrected chi connectivity index (χ2v) is 8.22. The first-order valence-electron chi connectivity index (χ1n) is 9.01. The summed E-state index contributed by atoms with van der Waals surface area (Å²) in [5.41, 5.74) is 0.756. The van der Waals surface area contributed by atoms with Crippen LogP contribution in [0.25, 0.3) is 0 Å². The minimum Gasteiger partial charge on any atom is -0.370 e. The van der Waals surface area contributed by atoms with E-state index in [0.29, 0.717) is 17.6 Å². The molecular formula is C18H33NO. The smallest absolute Gasteiger partial charge is 0.0708 e.